The predicted octanol–water partition coefficient (Wildman–Crippen LogP) is 4.35. The third-order valence-corrected chi connectivity index (χ3v) is 5.40. The van der Waals surface area contributed by atoms with Crippen LogP contribution in [0.3, 0.4) is 0 Å². The fourth-order valence-corrected chi connectivity index (χ4v) is 3.58. The summed E-state index contributed by atoms with van der Waals surface area (Å²) in [6.07, 6.45) is -1.92. The van der Waals surface area contributed by atoms with Gasteiger partial charge in [0.05, 0.1) is 5.56 Å². The maximum absolute atomic E-state index is 13.3. The number of nitrogens with two attached hydrogens (primary N) is 2. The van der Waals surface area contributed by atoms with Gasteiger partial charge in [-0.3, -0.25) is 4.79 Å². The highest BCUT2D eigenvalue weighted by Crippen LogP contribution is 2.38. The molecule has 1 amide bonds. The molecule has 7 nitrogen and oxygen atoms in total. The Balaban J connectivity index is 1.64. The van der Waals surface area contributed by atoms with Crippen molar-refractivity contribution in [3.8, 4) is 22.9 Å². The fourth-order valence-electron chi connectivity index (χ4n) is 3.58. The van der Waals surface area contributed by atoms with Gasteiger partial charge in [-0.1, -0.05) is 6.08 Å². The summed E-state index contributed by atoms with van der Waals surface area (Å²) in [6, 6.07) is 11.4. The van der Waals surface area contributed by atoms with Gasteiger partial charge in [-0.15, -0.1) is 0 Å². The van der Waals surface area contributed by atoms with Gasteiger partial charge in [0.15, 0.2) is 5.82 Å². The molecule has 0 saturated carbocycles. The van der Waals surface area contributed by atoms with Crippen LogP contribution in [0.15, 0.2) is 54.6 Å². The molecule has 34 heavy (non-hydrogen) atoms. The van der Waals surface area contributed by atoms with Crippen molar-refractivity contribution in [3.05, 3.63) is 71.4 Å². The number of rotatable bonds is 5. The first-order chi connectivity index (χ1) is 16.1. The lowest BCUT2D eigenvalue weighted by Gasteiger charge is -2.24. The number of primary amides is 1. The molecule has 176 valence electrons. The molecule has 0 unspecified atom stereocenters. The lowest BCUT2D eigenvalue weighted by atomic mass is 9.96. The Labute approximate surface area is 193 Å². The summed E-state index contributed by atoms with van der Waals surface area (Å²) < 4.78 is 46.0. The largest absolute Gasteiger partial charge is 0.457 e. The lowest BCUT2D eigenvalue weighted by Crippen LogP contribution is -2.23. The van der Waals surface area contributed by atoms with Crippen LogP contribution in [0.1, 0.15) is 28.0 Å². The second-order valence-corrected chi connectivity index (χ2v) is 7.94. The molecule has 0 aliphatic carbocycles. The summed E-state index contributed by atoms with van der Waals surface area (Å²) in [5.74, 6) is 0.324. The number of benzene rings is 2. The molecular formula is C24H22F3N5O2. The van der Waals surface area contributed by atoms with Crippen LogP contribution in [-0.4, -0.2) is 40.9 Å². The van der Waals surface area contributed by atoms with Crippen LogP contribution < -0.4 is 16.2 Å². The number of nitrogens with zero attached hydrogens (tertiary/aromatic N) is 3. The number of alkyl halides is 3. The summed E-state index contributed by atoms with van der Waals surface area (Å²) in [5.41, 5.74) is 12.1. The van der Waals surface area contributed by atoms with Crippen molar-refractivity contribution < 1.29 is 22.7 Å². The van der Waals surface area contributed by atoms with E-state index in [1.165, 1.54) is 12.1 Å². The minimum absolute atomic E-state index is 0.0105. The topological polar surface area (TPSA) is 107 Å². The zero-order valence-corrected chi connectivity index (χ0v) is 18.3. The van der Waals surface area contributed by atoms with Gasteiger partial charge in [-0.25, -0.2) is 9.97 Å². The van der Waals surface area contributed by atoms with E-state index in [2.05, 4.69) is 14.9 Å². The Morgan fingerprint density at radius 1 is 1.09 bits per heavy atom. The normalized spacial score (nSPS) is 14.5. The number of likely N-dealkylation sites (N-methyl/N-ethyl adjacent to an activating group) is 1. The molecule has 3 aromatic rings. The summed E-state index contributed by atoms with van der Waals surface area (Å²) in [7, 11) is 1.95. The molecule has 0 atom stereocenters. The molecule has 1 aliphatic rings. The number of aromatic nitrogens is 2. The van der Waals surface area contributed by atoms with Gasteiger partial charge >= 0.3 is 6.18 Å². The smallest absolute Gasteiger partial charge is 0.416 e. The first-order valence-electron chi connectivity index (χ1n) is 10.4. The van der Waals surface area contributed by atoms with Gasteiger partial charge < -0.3 is 21.1 Å². The molecule has 1 aromatic heterocycles. The lowest BCUT2D eigenvalue weighted by molar-refractivity contribution is -0.137. The molecule has 2 heterocycles. The molecule has 0 saturated heterocycles. The molecule has 0 spiro atoms. The number of nitrogen functional groups attached to an aromatic ring is 1. The average molecular weight is 469 g/mol. The highest BCUT2D eigenvalue weighted by Gasteiger charge is 2.31. The molecule has 0 bridgehead atoms. The van der Waals surface area contributed by atoms with Crippen LogP contribution in [0.4, 0.5) is 19.0 Å². The van der Waals surface area contributed by atoms with Gasteiger partial charge in [0.2, 0.25) is 0 Å². The molecule has 0 radical (unpaired) electrons. The van der Waals surface area contributed by atoms with Gasteiger partial charge in [-0.2, -0.15) is 13.2 Å². The molecule has 10 heteroatoms. The number of hydrogen-bond donors (Lipinski definition) is 2. The summed E-state index contributed by atoms with van der Waals surface area (Å²) in [6.45, 7) is 1.39. The third-order valence-electron chi connectivity index (χ3n) is 5.40. The average Bonchev–Trinajstić information content (AvgIpc) is 2.79. The van der Waals surface area contributed by atoms with Crippen LogP contribution in [0, 0.1) is 0 Å². The maximum Gasteiger partial charge on any atom is 0.416 e. The van der Waals surface area contributed by atoms with Crippen LogP contribution in [-0.2, 0) is 6.18 Å². The van der Waals surface area contributed by atoms with Crippen LogP contribution >= 0.6 is 0 Å². The second-order valence-electron chi connectivity index (χ2n) is 7.94. The van der Waals surface area contributed by atoms with E-state index in [0.29, 0.717) is 35.6 Å². The summed E-state index contributed by atoms with van der Waals surface area (Å²) in [4.78, 5) is 21.7. The van der Waals surface area contributed by atoms with Crippen LogP contribution in [0.25, 0.3) is 17.0 Å². The Morgan fingerprint density at radius 2 is 1.82 bits per heavy atom. The van der Waals surface area contributed by atoms with Crippen molar-refractivity contribution in [1.29, 1.82) is 0 Å². The number of carbonyl (C=O) groups excluding carboxylic acids is 1. The van der Waals surface area contributed by atoms with E-state index in [0.717, 1.165) is 24.3 Å². The first kappa shape index (κ1) is 23.2. The Hall–Kier alpha value is -3.92. The van der Waals surface area contributed by atoms with Crippen LogP contribution in [0.2, 0.25) is 0 Å². The predicted molar refractivity (Wildman–Crippen MR) is 122 cm³/mol. The zero-order valence-electron chi connectivity index (χ0n) is 18.3. The monoisotopic (exact) mass is 469 g/mol. The van der Waals surface area contributed by atoms with E-state index in [1.54, 1.807) is 24.3 Å². The minimum atomic E-state index is -4.46. The van der Waals surface area contributed by atoms with E-state index < -0.39 is 17.6 Å². The number of carbonyl (C=O) groups is 1. The van der Waals surface area contributed by atoms with Crippen LogP contribution in [0.5, 0.6) is 11.5 Å². The number of anilines is 1. The Bertz CT molecular complexity index is 1260. The number of hydrogen-bond acceptors (Lipinski definition) is 6. The number of ether oxygens (including phenoxy) is 1. The minimum Gasteiger partial charge on any atom is -0.457 e. The third kappa shape index (κ3) is 5.18. The second kappa shape index (κ2) is 9.14. The van der Waals surface area contributed by atoms with Crippen molar-refractivity contribution in [2.75, 3.05) is 25.9 Å². The highest BCUT2D eigenvalue weighted by molar-refractivity contribution is 5.91. The van der Waals surface area contributed by atoms with Crippen molar-refractivity contribution in [2.24, 2.45) is 5.73 Å². The standard InChI is InChI=1S/C24H22F3N5O2/c1-32-10-8-14(9-11-32)18-12-16(24(25,26)27)4-7-20(18)34-17-5-2-15(3-6-17)23-30-19(22(29)33)13-21(28)31-23/h2-8,12-13H,9-11H2,1H3,(H2,29,33)(H2,28,30,31). The zero-order chi connectivity index (χ0) is 24.5. The number of halogens is 3. The van der Waals surface area contributed by atoms with Gasteiger partial charge in [0.25, 0.3) is 5.91 Å². The van der Waals surface area contributed by atoms with E-state index >= 15 is 0 Å². The maximum atomic E-state index is 13.3. The highest BCUT2D eigenvalue weighted by atomic mass is 19.4. The van der Waals surface area contributed by atoms with Gasteiger partial charge in [0.1, 0.15) is 23.0 Å². The molecule has 1 aliphatic heterocycles. The van der Waals surface area contributed by atoms with Crippen molar-refractivity contribution >= 4 is 17.3 Å². The Kier molecular flexibility index (Phi) is 6.25. The summed E-state index contributed by atoms with van der Waals surface area (Å²) >= 11 is 0. The first-order valence-corrected chi connectivity index (χ1v) is 10.4. The van der Waals surface area contributed by atoms with Crippen molar-refractivity contribution in [3.63, 3.8) is 0 Å². The summed E-state index contributed by atoms with van der Waals surface area (Å²) in [5, 5.41) is 0. The molecule has 4 rings (SSSR count). The fraction of sp³-hybridized carbons (Fsp3) is 0.208. The van der Waals surface area contributed by atoms with E-state index in [4.69, 9.17) is 16.2 Å². The van der Waals surface area contributed by atoms with E-state index in [1.807, 2.05) is 13.1 Å². The quantitative estimate of drug-likeness (QED) is 0.575. The number of amides is 1. The van der Waals surface area contributed by atoms with Gasteiger partial charge in [-0.05, 0) is 61.5 Å². The Morgan fingerprint density at radius 3 is 2.44 bits per heavy atom. The van der Waals surface area contributed by atoms with Gasteiger partial charge in [0, 0.05) is 30.3 Å². The molecule has 0 fully saturated rings. The van der Waals surface area contributed by atoms with Crippen molar-refractivity contribution in [2.45, 2.75) is 12.6 Å². The molecule has 4 N–H and O–H groups in total. The van der Waals surface area contributed by atoms with E-state index in [-0.39, 0.29) is 17.3 Å². The van der Waals surface area contributed by atoms with Crippen molar-refractivity contribution in [1.82, 2.24) is 14.9 Å². The molecular weight excluding hydrogens is 447 g/mol. The van der Waals surface area contributed by atoms with E-state index in [9.17, 15) is 18.0 Å². The molecule has 2 aromatic carbocycles. The SMILES string of the molecule is CN1CC=C(c2cc(C(F)(F)F)ccc2Oc2ccc(-c3nc(N)cc(C(N)=O)n3)cc2)CC1.